The lowest BCUT2D eigenvalue weighted by Gasteiger charge is -2.42. The summed E-state index contributed by atoms with van der Waals surface area (Å²) in [6.45, 7) is 6.83. The fourth-order valence-corrected chi connectivity index (χ4v) is 4.46. The molecule has 6 nitrogen and oxygen atoms in total. The molecule has 0 saturated carbocycles. The highest BCUT2D eigenvalue weighted by molar-refractivity contribution is 5.35. The number of hydrogen-bond acceptors (Lipinski definition) is 4. The Morgan fingerprint density at radius 2 is 1.93 bits per heavy atom. The van der Waals surface area contributed by atoms with Crippen molar-refractivity contribution >= 4 is 0 Å². The maximum absolute atomic E-state index is 6.38. The van der Waals surface area contributed by atoms with Gasteiger partial charge in [0.25, 0.3) is 0 Å². The third-order valence-electron chi connectivity index (χ3n) is 6.09. The van der Waals surface area contributed by atoms with E-state index in [1.807, 2.05) is 17.1 Å². The van der Waals surface area contributed by atoms with Gasteiger partial charge in [0.15, 0.2) is 0 Å². The van der Waals surface area contributed by atoms with Crippen LogP contribution in [0.15, 0.2) is 49.1 Å². The number of benzene rings is 1. The van der Waals surface area contributed by atoms with Gasteiger partial charge in [0.05, 0.1) is 30.0 Å². The number of piperidine rings is 1. The summed E-state index contributed by atoms with van der Waals surface area (Å²) in [7, 11) is 0. The van der Waals surface area contributed by atoms with Crippen LogP contribution in [0.2, 0.25) is 0 Å². The number of para-hydroxylation sites is 1. The summed E-state index contributed by atoms with van der Waals surface area (Å²) in [5.74, 6) is 0. The van der Waals surface area contributed by atoms with Crippen LogP contribution in [-0.4, -0.2) is 43.9 Å². The number of hydrogen-bond donors (Lipinski definition) is 0. The molecule has 1 saturated heterocycles. The third-order valence-corrected chi connectivity index (χ3v) is 6.09. The molecule has 146 valence electrons. The Kier molecular flexibility index (Phi) is 4.53. The summed E-state index contributed by atoms with van der Waals surface area (Å²) in [6, 6.07) is 10.4. The average Bonchev–Trinajstić information content (AvgIpc) is 3.38. The minimum absolute atomic E-state index is 0.229. The van der Waals surface area contributed by atoms with Gasteiger partial charge in [-0.3, -0.25) is 4.90 Å². The van der Waals surface area contributed by atoms with Gasteiger partial charge in [0.2, 0.25) is 0 Å². The molecule has 0 N–H and O–H groups in total. The van der Waals surface area contributed by atoms with E-state index in [2.05, 4.69) is 58.0 Å². The van der Waals surface area contributed by atoms with Gasteiger partial charge < -0.3 is 9.30 Å². The predicted octanol–water partition coefficient (Wildman–Crippen LogP) is 3.15. The van der Waals surface area contributed by atoms with Crippen molar-refractivity contribution in [2.45, 2.75) is 44.9 Å². The molecule has 2 aliphatic heterocycles. The van der Waals surface area contributed by atoms with Crippen molar-refractivity contribution in [1.82, 2.24) is 24.2 Å². The predicted molar refractivity (Wildman–Crippen MR) is 107 cm³/mol. The van der Waals surface area contributed by atoms with E-state index in [1.54, 1.807) is 0 Å². The minimum Gasteiger partial charge on any atom is -0.368 e. The number of imidazole rings is 1. The number of fused-ring (bicyclic) bond motifs is 2. The Hall–Kier alpha value is -2.44. The zero-order valence-corrected chi connectivity index (χ0v) is 16.4. The largest absolute Gasteiger partial charge is 0.368 e. The van der Waals surface area contributed by atoms with E-state index in [-0.39, 0.29) is 5.60 Å². The summed E-state index contributed by atoms with van der Waals surface area (Å²) in [5, 5.41) is 4.98. The van der Waals surface area contributed by atoms with Crippen molar-refractivity contribution in [3.8, 4) is 5.69 Å². The molecule has 2 aliphatic rings. The first-order valence-electron chi connectivity index (χ1n) is 10.3. The Morgan fingerprint density at radius 3 is 2.68 bits per heavy atom. The number of aromatic nitrogens is 4. The molecule has 0 bridgehead atoms. The van der Waals surface area contributed by atoms with Gasteiger partial charge in [-0.1, -0.05) is 18.2 Å². The van der Waals surface area contributed by atoms with Crippen molar-refractivity contribution in [2.24, 2.45) is 0 Å². The van der Waals surface area contributed by atoms with Crippen LogP contribution in [0, 0.1) is 0 Å². The molecule has 0 amide bonds. The van der Waals surface area contributed by atoms with Gasteiger partial charge in [0.1, 0.15) is 5.60 Å². The molecular formula is C22H27N5O. The lowest BCUT2D eigenvalue weighted by Crippen LogP contribution is -2.46. The average molecular weight is 377 g/mol. The molecule has 1 fully saturated rings. The van der Waals surface area contributed by atoms with Crippen molar-refractivity contribution < 1.29 is 4.74 Å². The Balaban J connectivity index is 1.33. The lowest BCUT2D eigenvalue weighted by atomic mass is 9.84. The van der Waals surface area contributed by atoms with Gasteiger partial charge in [-0.25, -0.2) is 9.67 Å². The number of likely N-dealkylation sites (tertiary alicyclic amines) is 1. The van der Waals surface area contributed by atoms with Crippen LogP contribution in [0.4, 0.5) is 0 Å². The maximum atomic E-state index is 6.38. The third kappa shape index (κ3) is 3.16. The molecule has 28 heavy (non-hydrogen) atoms. The first kappa shape index (κ1) is 17.6. The Morgan fingerprint density at radius 1 is 1.11 bits per heavy atom. The van der Waals surface area contributed by atoms with Gasteiger partial charge in [-0.2, -0.15) is 5.10 Å². The molecule has 0 atom stereocenters. The summed E-state index contributed by atoms with van der Waals surface area (Å²) < 4.78 is 10.5. The molecular weight excluding hydrogens is 350 g/mol. The summed E-state index contributed by atoms with van der Waals surface area (Å²) in [5.41, 5.74) is 4.52. The van der Waals surface area contributed by atoms with E-state index >= 15 is 0 Å². The van der Waals surface area contributed by atoms with Gasteiger partial charge >= 0.3 is 0 Å². The molecule has 5 rings (SSSR count). The molecule has 1 spiro atoms. The normalized spacial score (nSPS) is 19.0. The van der Waals surface area contributed by atoms with E-state index in [9.17, 15) is 0 Å². The highest BCUT2D eigenvalue weighted by atomic mass is 16.5. The van der Waals surface area contributed by atoms with E-state index in [0.29, 0.717) is 0 Å². The standard InChI is InChI=1S/C22H27N5O/c1-2-25-15-19(23-17-25)16-26-11-9-22(10-12-26)21-18(8-13-28-22)14-27(24-21)20-6-4-3-5-7-20/h3-7,14-15,17H,2,8-13,16H2,1H3. The summed E-state index contributed by atoms with van der Waals surface area (Å²) >= 11 is 0. The van der Waals surface area contributed by atoms with Crippen LogP contribution < -0.4 is 0 Å². The van der Waals surface area contributed by atoms with Crippen LogP contribution in [0.25, 0.3) is 5.69 Å². The highest BCUT2D eigenvalue weighted by Crippen LogP contribution is 2.41. The van der Waals surface area contributed by atoms with E-state index < -0.39 is 0 Å². The molecule has 0 aliphatic carbocycles. The highest BCUT2D eigenvalue weighted by Gasteiger charge is 2.43. The Bertz CT molecular complexity index is 937. The second kappa shape index (κ2) is 7.18. The molecule has 1 aromatic carbocycles. The fraction of sp³-hybridized carbons (Fsp3) is 0.455. The zero-order valence-electron chi connectivity index (χ0n) is 16.4. The van der Waals surface area contributed by atoms with Crippen LogP contribution in [-0.2, 0) is 29.8 Å². The van der Waals surface area contributed by atoms with Crippen LogP contribution >= 0.6 is 0 Å². The minimum atomic E-state index is -0.229. The van der Waals surface area contributed by atoms with Crippen LogP contribution in [0.5, 0.6) is 0 Å². The Labute approximate surface area is 165 Å². The topological polar surface area (TPSA) is 48.1 Å². The SMILES string of the molecule is CCn1cnc(CN2CCC3(CC2)OCCc2cn(-c4ccccc4)nc23)c1. The number of ether oxygens (including phenoxy) is 1. The molecule has 0 radical (unpaired) electrons. The monoisotopic (exact) mass is 377 g/mol. The first-order chi connectivity index (χ1) is 13.8. The van der Waals surface area contributed by atoms with E-state index in [0.717, 1.165) is 69.1 Å². The second-order valence-electron chi connectivity index (χ2n) is 7.85. The summed E-state index contributed by atoms with van der Waals surface area (Å²) in [6.07, 6.45) is 9.19. The maximum Gasteiger partial charge on any atom is 0.115 e. The van der Waals surface area contributed by atoms with Gasteiger partial charge in [-0.05, 0) is 43.9 Å². The molecule has 4 heterocycles. The van der Waals surface area contributed by atoms with E-state index in [1.165, 1.54) is 5.56 Å². The fourth-order valence-electron chi connectivity index (χ4n) is 4.46. The van der Waals surface area contributed by atoms with Crippen LogP contribution in [0.3, 0.4) is 0 Å². The number of rotatable bonds is 4. The zero-order chi connectivity index (χ0) is 19.0. The van der Waals surface area contributed by atoms with Crippen molar-refractivity contribution in [3.05, 3.63) is 66.0 Å². The van der Waals surface area contributed by atoms with Crippen molar-refractivity contribution in [2.75, 3.05) is 19.7 Å². The van der Waals surface area contributed by atoms with Crippen LogP contribution in [0.1, 0.15) is 36.7 Å². The molecule has 3 aromatic rings. The summed E-state index contributed by atoms with van der Waals surface area (Å²) in [4.78, 5) is 7.02. The number of aryl methyl sites for hydroxylation is 1. The first-order valence-corrected chi connectivity index (χ1v) is 10.3. The quantitative estimate of drug-likeness (QED) is 0.701. The lowest BCUT2D eigenvalue weighted by molar-refractivity contribution is -0.102. The smallest absolute Gasteiger partial charge is 0.115 e. The molecule has 0 unspecified atom stereocenters. The van der Waals surface area contributed by atoms with E-state index in [4.69, 9.17) is 9.84 Å². The molecule has 2 aromatic heterocycles. The molecule has 6 heteroatoms. The second-order valence-corrected chi connectivity index (χ2v) is 7.85. The van der Waals surface area contributed by atoms with Crippen molar-refractivity contribution in [3.63, 3.8) is 0 Å². The van der Waals surface area contributed by atoms with Gasteiger partial charge in [-0.15, -0.1) is 0 Å². The van der Waals surface area contributed by atoms with Gasteiger partial charge in [0, 0.05) is 38.6 Å². The number of nitrogens with zero attached hydrogens (tertiary/aromatic N) is 5. The van der Waals surface area contributed by atoms with Crippen molar-refractivity contribution in [1.29, 1.82) is 0 Å².